The zero-order valence-corrected chi connectivity index (χ0v) is 11.5. The third-order valence-electron chi connectivity index (χ3n) is 2.37. The summed E-state index contributed by atoms with van der Waals surface area (Å²) in [5.74, 6) is -0.253. The fraction of sp³-hybridized carbons (Fsp3) is 0.818. The van der Waals surface area contributed by atoms with E-state index in [9.17, 15) is 9.59 Å². The lowest BCUT2D eigenvalue weighted by Crippen LogP contribution is -2.48. The van der Waals surface area contributed by atoms with Crippen LogP contribution in [0.4, 0.5) is 4.79 Å². The van der Waals surface area contributed by atoms with E-state index in [0.29, 0.717) is 19.5 Å². The second-order valence-corrected chi connectivity index (χ2v) is 4.69. The molecular formula is C11H22N2O3S. The number of nitrogens with one attached hydrogen (secondary N) is 1. The number of thioether (sulfide) groups is 1. The Bertz CT molecular complexity index is 249. The molecule has 100 valence electrons. The first-order chi connectivity index (χ1) is 8.06. The normalized spacial score (nSPS) is 11.9. The molecule has 1 atom stereocenters. The Morgan fingerprint density at radius 2 is 2.06 bits per heavy atom. The SMILES string of the molecule is CCCN(CC)C(=O)N[C@@H](CCSC)C(=O)O. The largest absolute Gasteiger partial charge is 0.480 e. The van der Waals surface area contributed by atoms with Gasteiger partial charge in [0.2, 0.25) is 0 Å². The van der Waals surface area contributed by atoms with Crippen LogP contribution in [0.2, 0.25) is 0 Å². The highest BCUT2D eigenvalue weighted by atomic mass is 32.2. The third kappa shape index (κ3) is 6.41. The summed E-state index contributed by atoms with van der Waals surface area (Å²) in [7, 11) is 0. The molecule has 0 aliphatic heterocycles. The molecule has 0 rings (SSSR count). The van der Waals surface area contributed by atoms with Crippen LogP contribution >= 0.6 is 11.8 Å². The van der Waals surface area contributed by atoms with E-state index in [2.05, 4.69) is 5.32 Å². The molecule has 6 heteroatoms. The van der Waals surface area contributed by atoms with E-state index in [4.69, 9.17) is 5.11 Å². The monoisotopic (exact) mass is 262 g/mol. The molecule has 0 aromatic rings. The van der Waals surface area contributed by atoms with Gasteiger partial charge in [0.15, 0.2) is 0 Å². The molecule has 0 heterocycles. The van der Waals surface area contributed by atoms with Gasteiger partial charge in [-0.3, -0.25) is 0 Å². The van der Waals surface area contributed by atoms with Crippen LogP contribution in [0.3, 0.4) is 0 Å². The van der Waals surface area contributed by atoms with Gasteiger partial charge in [0.1, 0.15) is 6.04 Å². The van der Waals surface area contributed by atoms with Crippen LogP contribution in [0.25, 0.3) is 0 Å². The Morgan fingerprint density at radius 3 is 2.47 bits per heavy atom. The average Bonchev–Trinajstić information content (AvgIpc) is 2.30. The minimum Gasteiger partial charge on any atom is -0.480 e. The predicted molar refractivity (Wildman–Crippen MR) is 70.5 cm³/mol. The van der Waals surface area contributed by atoms with Crippen LogP contribution in [0, 0.1) is 0 Å². The van der Waals surface area contributed by atoms with E-state index < -0.39 is 12.0 Å². The van der Waals surface area contributed by atoms with E-state index in [0.717, 1.165) is 12.2 Å². The second-order valence-electron chi connectivity index (χ2n) is 3.70. The number of hydrogen-bond donors (Lipinski definition) is 2. The van der Waals surface area contributed by atoms with Crippen LogP contribution < -0.4 is 5.32 Å². The molecule has 0 bridgehead atoms. The number of urea groups is 1. The van der Waals surface area contributed by atoms with Crippen LogP contribution in [-0.4, -0.2) is 53.1 Å². The molecule has 0 fully saturated rings. The van der Waals surface area contributed by atoms with Gasteiger partial charge in [-0.2, -0.15) is 11.8 Å². The number of carbonyl (C=O) groups is 2. The minimum absolute atomic E-state index is 0.289. The molecule has 2 amide bonds. The lowest BCUT2D eigenvalue weighted by atomic mass is 10.2. The number of carboxylic acids is 1. The van der Waals surface area contributed by atoms with Crippen molar-refractivity contribution in [2.24, 2.45) is 0 Å². The smallest absolute Gasteiger partial charge is 0.326 e. The number of aliphatic carboxylic acids is 1. The van der Waals surface area contributed by atoms with Crippen molar-refractivity contribution >= 4 is 23.8 Å². The van der Waals surface area contributed by atoms with E-state index in [1.807, 2.05) is 20.1 Å². The molecule has 17 heavy (non-hydrogen) atoms. The summed E-state index contributed by atoms with van der Waals surface area (Å²) in [5, 5.41) is 11.6. The van der Waals surface area contributed by atoms with Crippen molar-refractivity contribution in [3.63, 3.8) is 0 Å². The summed E-state index contributed by atoms with van der Waals surface area (Å²) in [6.07, 6.45) is 3.23. The Labute approximate surface area is 107 Å². The fourth-order valence-electron chi connectivity index (χ4n) is 1.41. The number of carbonyl (C=O) groups excluding carboxylic acids is 1. The summed E-state index contributed by atoms with van der Waals surface area (Å²) in [6, 6.07) is -1.08. The topological polar surface area (TPSA) is 69.6 Å². The summed E-state index contributed by atoms with van der Waals surface area (Å²) >= 11 is 1.57. The lowest BCUT2D eigenvalue weighted by molar-refractivity contribution is -0.139. The molecule has 2 N–H and O–H groups in total. The van der Waals surface area contributed by atoms with Crippen LogP contribution in [0.1, 0.15) is 26.7 Å². The van der Waals surface area contributed by atoms with Gasteiger partial charge in [-0.25, -0.2) is 9.59 Å². The first-order valence-electron chi connectivity index (χ1n) is 5.83. The maximum Gasteiger partial charge on any atom is 0.326 e. The summed E-state index contributed by atoms with van der Waals surface area (Å²) in [6.45, 7) is 5.11. The van der Waals surface area contributed by atoms with Gasteiger partial charge >= 0.3 is 12.0 Å². The summed E-state index contributed by atoms with van der Waals surface area (Å²) < 4.78 is 0. The molecule has 0 unspecified atom stereocenters. The molecular weight excluding hydrogens is 240 g/mol. The number of amides is 2. The Hall–Kier alpha value is -0.910. The Balaban J connectivity index is 4.32. The van der Waals surface area contributed by atoms with Gasteiger partial charge in [0.05, 0.1) is 0 Å². The first-order valence-corrected chi connectivity index (χ1v) is 7.23. The molecule has 0 aromatic carbocycles. The Kier molecular flexibility index (Phi) is 8.66. The van der Waals surface area contributed by atoms with Crippen molar-refractivity contribution in [2.45, 2.75) is 32.7 Å². The molecule has 0 saturated carbocycles. The Morgan fingerprint density at radius 1 is 1.41 bits per heavy atom. The van der Waals surface area contributed by atoms with Crippen molar-refractivity contribution < 1.29 is 14.7 Å². The van der Waals surface area contributed by atoms with E-state index in [-0.39, 0.29) is 6.03 Å². The highest BCUT2D eigenvalue weighted by molar-refractivity contribution is 7.98. The zero-order chi connectivity index (χ0) is 13.3. The van der Waals surface area contributed by atoms with Crippen LogP contribution in [0.15, 0.2) is 0 Å². The van der Waals surface area contributed by atoms with Crippen LogP contribution in [-0.2, 0) is 4.79 Å². The van der Waals surface area contributed by atoms with Gasteiger partial charge in [0, 0.05) is 13.1 Å². The first kappa shape index (κ1) is 16.1. The standard InChI is InChI=1S/C11H22N2O3S/c1-4-7-13(5-2)11(16)12-9(10(14)15)6-8-17-3/h9H,4-8H2,1-3H3,(H,12,16)(H,14,15)/t9-/m0/s1. The van der Waals surface area contributed by atoms with E-state index in [1.54, 1.807) is 16.7 Å². The van der Waals surface area contributed by atoms with Crippen molar-refractivity contribution in [1.29, 1.82) is 0 Å². The molecule has 0 spiro atoms. The maximum atomic E-state index is 11.8. The van der Waals surface area contributed by atoms with E-state index >= 15 is 0 Å². The molecule has 0 saturated heterocycles. The predicted octanol–water partition coefficient (Wildman–Crippen LogP) is 1.63. The zero-order valence-electron chi connectivity index (χ0n) is 10.7. The highest BCUT2D eigenvalue weighted by Crippen LogP contribution is 2.02. The molecule has 0 aliphatic carbocycles. The maximum absolute atomic E-state index is 11.8. The van der Waals surface area contributed by atoms with Crippen LogP contribution in [0.5, 0.6) is 0 Å². The number of hydrogen-bond acceptors (Lipinski definition) is 3. The number of nitrogens with zero attached hydrogens (tertiary/aromatic N) is 1. The lowest BCUT2D eigenvalue weighted by Gasteiger charge is -2.23. The van der Waals surface area contributed by atoms with Crippen molar-refractivity contribution in [1.82, 2.24) is 10.2 Å². The van der Waals surface area contributed by atoms with Crippen molar-refractivity contribution in [3.8, 4) is 0 Å². The van der Waals surface area contributed by atoms with Gasteiger partial charge in [-0.15, -0.1) is 0 Å². The van der Waals surface area contributed by atoms with Crippen molar-refractivity contribution in [3.05, 3.63) is 0 Å². The molecule has 5 nitrogen and oxygen atoms in total. The highest BCUT2D eigenvalue weighted by Gasteiger charge is 2.21. The average molecular weight is 262 g/mol. The van der Waals surface area contributed by atoms with E-state index in [1.165, 1.54) is 0 Å². The summed E-state index contributed by atoms with van der Waals surface area (Å²) in [5.41, 5.74) is 0. The minimum atomic E-state index is -0.972. The quantitative estimate of drug-likeness (QED) is 0.697. The molecule has 0 aromatic heterocycles. The fourth-order valence-corrected chi connectivity index (χ4v) is 1.88. The number of carboxylic acid groups (broad SMARTS) is 1. The van der Waals surface area contributed by atoms with Gasteiger partial charge < -0.3 is 15.3 Å². The molecule has 0 radical (unpaired) electrons. The summed E-state index contributed by atoms with van der Waals surface area (Å²) in [4.78, 5) is 24.4. The van der Waals surface area contributed by atoms with Gasteiger partial charge in [-0.05, 0) is 31.8 Å². The van der Waals surface area contributed by atoms with Crippen molar-refractivity contribution in [2.75, 3.05) is 25.1 Å². The second kappa shape index (κ2) is 9.15. The third-order valence-corrected chi connectivity index (χ3v) is 3.01. The number of rotatable bonds is 8. The molecule has 0 aliphatic rings. The van der Waals surface area contributed by atoms with Gasteiger partial charge in [-0.1, -0.05) is 6.92 Å². The van der Waals surface area contributed by atoms with Gasteiger partial charge in [0.25, 0.3) is 0 Å².